The fourth-order valence-electron chi connectivity index (χ4n) is 6.33. The molecule has 1 fully saturated rings. The number of carbonyl (C=O) groups is 1. The average molecular weight is 569 g/mol. The van der Waals surface area contributed by atoms with Gasteiger partial charge in [-0.05, 0) is 55.2 Å². The van der Waals surface area contributed by atoms with Crippen LogP contribution in [-0.2, 0) is 6.54 Å². The SMILES string of the molecule is COc1ccc(CNc2nc(-c3ccc(C(=O)O)cc3)nc3c2C2CCCCC2N3C(C)c2ccccc2)cc1Cl. The molecule has 6 rings (SSSR count). The molecule has 0 radical (unpaired) electrons. The number of nitrogens with zero attached hydrogens (tertiary/aromatic N) is 3. The van der Waals surface area contributed by atoms with Gasteiger partial charge in [-0.15, -0.1) is 0 Å². The molecule has 1 aromatic heterocycles. The van der Waals surface area contributed by atoms with Gasteiger partial charge in [0.25, 0.3) is 0 Å². The van der Waals surface area contributed by atoms with Crippen LogP contribution >= 0.6 is 11.6 Å². The maximum absolute atomic E-state index is 11.5. The smallest absolute Gasteiger partial charge is 0.335 e. The molecule has 7 nitrogen and oxygen atoms in total. The van der Waals surface area contributed by atoms with E-state index in [4.69, 9.17) is 26.3 Å². The molecule has 210 valence electrons. The van der Waals surface area contributed by atoms with Gasteiger partial charge >= 0.3 is 5.97 Å². The van der Waals surface area contributed by atoms with E-state index in [2.05, 4.69) is 41.4 Å². The Bertz CT molecular complexity index is 1560. The fourth-order valence-corrected chi connectivity index (χ4v) is 6.61. The van der Waals surface area contributed by atoms with Crippen molar-refractivity contribution in [2.45, 2.75) is 57.2 Å². The van der Waals surface area contributed by atoms with E-state index in [-0.39, 0.29) is 11.6 Å². The van der Waals surface area contributed by atoms with Gasteiger partial charge in [-0.25, -0.2) is 14.8 Å². The van der Waals surface area contributed by atoms with Crippen LogP contribution < -0.4 is 15.0 Å². The van der Waals surface area contributed by atoms with E-state index in [0.29, 0.717) is 35.1 Å². The maximum Gasteiger partial charge on any atom is 0.335 e. The highest BCUT2D eigenvalue weighted by Crippen LogP contribution is 2.52. The summed E-state index contributed by atoms with van der Waals surface area (Å²) >= 11 is 6.42. The van der Waals surface area contributed by atoms with Crippen molar-refractivity contribution in [2.75, 3.05) is 17.3 Å². The second kappa shape index (κ2) is 11.4. The highest BCUT2D eigenvalue weighted by molar-refractivity contribution is 6.32. The van der Waals surface area contributed by atoms with Crippen molar-refractivity contribution in [1.82, 2.24) is 9.97 Å². The minimum Gasteiger partial charge on any atom is -0.495 e. The molecule has 0 bridgehead atoms. The number of carboxylic acid groups (broad SMARTS) is 1. The Labute approximate surface area is 245 Å². The quantitative estimate of drug-likeness (QED) is 0.225. The van der Waals surface area contributed by atoms with E-state index < -0.39 is 5.97 Å². The third kappa shape index (κ3) is 5.22. The Morgan fingerprint density at radius 3 is 2.54 bits per heavy atom. The van der Waals surface area contributed by atoms with Crippen LogP contribution in [0.25, 0.3) is 11.4 Å². The Morgan fingerprint density at radius 2 is 1.83 bits per heavy atom. The first-order chi connectivity index (χ1) is 19.9. The van der Waals surface area contributed by atoms with E-state index in [1.165, 1.54) is 24.0 Å². The minimum absolute atomic E-state index is 0.133. The fraction of sp³-hybridized carbons (Fsp3) is 0.303. The number of benzene rings is 3. The lowest BCUT2D eigenvalue weighted by atomic mass is 9.82. The third-order valence-electron chi connectivity index (χ3n) is 8.39. The number of ether oxygens (including phenoxy) is 1. The summed E-state index contributed by atoms with van der Waals surface area (Å²) in [5, 5.41) is 13.6. The van der Waals surface area contributed by atoms with Crippen molar-refractivity contribution in [3.8, 4) is 17.1 Å². The molecule has 0 saturated heterocycles. The van der Waals surface area contributed by atoms with E-state index in [1.54, 1.807) is 31.4 Å². The van der Waals surface area contributed by atoms with Crippen molar-refractivity contribution >= 4 is 29.2 Å². The van der Waals surface area contributed by atoms with Gasteiger partial charge in [0, 0.05) is 29.6 Å². The monoisotopic (exact) mass is 568 g/mol. The van der Waals surface area contributed by atoms with Crippen molar-refractivity contribution in [3.63, 3.8) is 0 Å². The summed E-state index contributed by atoms with van der Waals surface area (Å²) in [6.45, 7) is 2.79. The Morgan fingerprint density at radius 1 is 1.07 bits per heavy atom. The molecule has 2 N–H and O–H groups in total. The lowest BCUT2D eigenvalue weighted by Gasteiger charge is -2.37. The van der Waals surface area contributed by atoms with Crippen LogP contribution in [0, 0.1) is 0 Å². The molecule has 1 saturated carbocycles. The van der Waals surface area contributed by atoms with Gasteiger partial charge in [0.1, 0.15) is 17.4 Å². The van der Waals surface area contributed by atoms with E-state index >= 15 is 0 Å². The summed E-state index contributed by atoms with van der Waals surface area (Å²) in [5.74, 6) is 2.36. The van der Waals surface area contributed by atoms with Crippen LogP contribution in [0.4, 0.5) is 11.6 Å². The third-order valence-corrected chi connectivity index (χ3v) is 8.69. The number of aromatic carboxylic acids is 1. The van der Waals surface area contributed by atoms with E-state index in [0.717, 1.165) is 35.6 Å². The average Bonchev–Trinajstić information content (AvgIpc) is 3.34. The van der Waals surface area contributed by atoms with E-state index in [9.17, 15) is 9.90 Å². The molecule has 0 amide bonds. The molecule has 3 atom stereocenters. The predicted molar refractivity (Wildman–Crippen MR) is 162 cm³/mol. The van der Waals surface area contributed by atoms with E-state index in [1.807, 2.05) is 24.3 Å². The zero-order valence-corrected chi connectivity index (χ0v) is 23.9. The van der Waals surface area contributed by atoms with Crippen LogP contribution in [-0.4, -0.2) is 34.2 Å². The topological polar surface area (TPSA) is 87.6 Å². The number of aromatic nitrogens is 2. The van der Waals surface area contributed by atoms with Crippen LogP contribution in [0.5, 0.6) is 5.75 Å². The normalized spacial score (nSPS) is 18.4. The van der Waals surface area contributed by atoms with Crippen LogP contribution in [0.15, 0.2) is 72.8 Å². The lowest BCUT2D eigenvalue weighted by Crippen LogP contribution is -2.38. The zero-order valence-electron chi connectivity index (χ0n) is 23.2. The van der Waals surface area contributed by atoms with Gasteiger partial charge in [0.05, 0.1) is 23.7 Å². The largest absolute Gasteiger partial charge is 0.495 e. The summed E-state index contributed by atoms with van der Waals surface area (Å²) in [6.07, 6.45) is 4.57. The summed E-state index contributed by atoms with van der Waals surface area (Å²) in [6, 6.07) is 23.6. The standard InChI is InChI=1S/C33H33ClN4O3/c1-20(22-8-4-3-5-9-22)38-27-11-7-6-10-25(27)29-31(35-19-21-12-17-28(41-2)26(34)18-21)36-30(37-32(29)38)23-13-15-24(16-14-23)33(39)40/h3-5,8-9,12-18,20,25,27H,6-7,10-11,19H2,1-2H3,(H,39,40)(H,35,36,37). The highest BCUT2D eigenvalue weighted by atomic mass is 35.5. The number of anilines is 2. The zero-order chi connectivity index (χ0) is 28.5. The molecule has 3 unspecified atom stereocenters. The highest BCUT2D eigenvalue weighted by Gasteiger charge is 2.45. The molecule has 1 aliphatic heterocycles. The molecular weight excluding hydrogens is 536 g/mol. The molecule has 2 aliphatic rings. The van der Waals surface area contributed by atoms with Crippen molar-refractivity contribution < 1.29 is 14.6 Å². The molecule has 2 heterocycles. The second-order valence-corrected chi connectivity index (χ2v) is 11.2. The Hall–Kier alpha value is -4.10. The van der Waals surface area contributed by atoms with Gasteiger partial charge in [-0.3, -0.25) is 0 Å². The van der Waals surface area contributed by atoms with Crippen LogP contribution in [0.2, 0.25) is 5.02 Å². The van der Waals surface area contributed by atoms with Gasteiger partial charge in [-0.1, -0.05) is 73.0 Å². The number of nitrogens with one attached hydrogen (secondary N) is 1. The molecule has 8 heteroatoms. The summed E-state index contributed by atoms with van der Waals surface area (Å²) < 4.78 is 5.33. The van der Waals surface area contributed by atoms with Crippen molar-refractivity contribution in [3.05, 3.63) is 100 Å². The Balaban J connectivity index is 1.45. The van der Waals surface area contributed by atoms with Gasteiger partial charge in [-0.2, -0.15) is 0 Å². The summed E-state index contributed by atoms with van der Waals surface area (Å²) in [4.78, 5) is 24.2. The van der Waals surface area contributed by atoms with Crippen molar-refractivity contribution in [2.24, 2.45) is 0 Å². The molecule has 3 aromatic carbocycles. The molecule has 4 aromatic rings. The first-order valence-electron chi connectivity index (χ1n) is 14.1. The number of hydrogen-bond acceptors (Lipinski definition) is 6. The molecule has 0 spiro atoms. The Kier molecular flexibility index (Phi) is 7.54. The number of carboxylic acids is 1. The minimum atomic E-state index is -0.959. The summed E-state index contributed by atoms with van der Waals surface area (Å²) in [5.41, 5.74) is 4.44. The van der Waals surface area contributed by atoms with Crippen LogP contribution in [0.1, 0.15) is 71.6 Å². The van der Waals surface area contributed by atoms with Gasteiger partial charge in [0.15, 0.2) is 5.82 Å². The number of halogens is 1. The number of fused-ring (bicyclic) bond motifs is 3. The molecule has 1 aliphatic carbocycles. The first kappa shape index (κ1) is 27.1. The first-order valence-corrected chi connectivity index (χ1v) is 14.5. The number of hydrogen-bond donors (Lipinski definition) is 2. The molecular formula is C33H33ClN4O3. The predicted octanol–water partition coefficient (Wildman–Crippen LogP) is 7.72. The number of rotatable bonds is 8. The van der Waals surface area contributed by atoms with Crippen LogP contribution in [0.3, 0.4) is 0 Å². The molecule has 41 heavy (non-hydrogen) atoms. The van der Waals surface area contributed by atoms with Gasteiger partial charge in [0.2, 0.25) is 0 Å². The van der Waals surface area contributed by atoms with Crippen molar-refractivity contribution in [1.29, 1.82) is 0 Å². The lowest BCUT2D eigenvalue weighted by molar-refractivity contribution is 0.0697. The van der Waals surface area contributed by atoms with Gasteiger partial charge < -0.3 is 20.1 Å². The second-order valence-electron chi connectivity index (χ2n) is 10.8. The number of methoxy groups -OCH3 is 1. The summed E-state index contributed by atoms with van der Waals surface area (Å²) in [7, 11) is 1.61. The maximum atomic E-state index is 11.5.